The lowest BCUT2D eigenvalue weighted by atomic mass is 10.1. The van der Waals surface area contributed by atoms with Crippen molar-refractivity contribution in [2.24, 2.45) is 0 Å². The van der Waals surface area contributed by atoms with Crippen LogP contribution in [-0.2, 0) is 11.2 Å². The highest BCUT2D eigenvalue weighted by Gasteiger charge is 2.09. The quantitative estimate of drug-likeness (QED) is 0.396. The Hall–Kier alpha value is -3.16. The predicted molar refractivity (Wildman–Crippen MR) is 120 cm³/mol. The topological polar surface area (TPSA) is 63.2 Å². The number of nitrogens with zero attached hydrogens (tertiary/aromatic N) is 1. The highest BCUT2D eigenvalue weighted by atomic mass is 32.1. The van der Waals surface area contributed by atoms with E-state index >= 15 is 0 Å². The normalized spacial score (nSPS) is 10.5. The minimum atomic E-state index is -0.0248. The molecule has 0 unspecified atom stereocenters. The standard InChI is InChI=1S/C22H19N3O2S2/c1-27-18-8-3-7-17(12-18)24-22-25-20(14-29-22)15-5-2-6-16(11-15)23-21(26)13-19-9-4-10-28-19/h2-12,14H,13H2,1H3,(H,23,26)(H,24,25). The van der Waals surface area contributed by atoms with Crippen molar-refractivity contribution >= 4 is 45.1 Å². The van der Waals surface area contributed by atoms with Crippen LogP contribution in [0.1, 0.15) is 4.88 Å². The molecule has 2 aromatic heterocycles. The number of thiazole rings is 1. The first-order valence-electron chi connectivity index (χ1n) is 8.99. The largest absolute Gasteiger partial charge is 0.497 e. The molecule has 0 atom stereocenters. The number of aromatic nitrogens is 1. The number of rotatable bonds is 7. The summed E-state index contributed by atoms with van der Waals surface area (Å²) >= 11 is 3.11. The fourth-order valence-electron chi connectivity index (χ4n) is 2.82. The van der Waals surface area contributed by atoms with E-state index in [1.54, 1.807) is 18.4 Å². The molecule has 0 spiro atoms. The Morgan fingerprint density at radius 3 is 2.72 bits per heavy atom. The van der Waals surface area contributed by atoms with Gasteiger partial charge in [-0.1, -0.05) is 24.3 Å². The van der Waals surface area contributed by atoms with Gasteiger partial charge in [-0.3, -0.25) is 4.79 Å². The number of benzene rings is 2. The molecule has 2 heterocycles. The minimum absolute atomic E-state index is 0.0248. The minimum Gasteiger partial charge on any atom is -0.497 e. The molecule has 2 N–H and O–H groups in total. The Labute approximate surface area is 177 Å². The number of nitrogens with one attached hydrogen (secondary N) is 2. The summed E-state index contributed by atoms with van der Waals surface area (Å²) in [6, 6.07) is 19.4. The summed E-state index contributed by atoms with van der Waals surface area (Å²) < 4.78 is 5.25. The molecule has 0 saturated heterocycles. The van der Waals surface area contributed by atoms with Crippen molar-refractivity contribution < 1.29 is 9.53 Å². The van der Waals surface area contributed by atoms with Gasteiger partial charge in [-0.2, -0.15) is 0 Å². The second-order valence-corrected chi connectivity index (χ2v) is 8.17. The second-order valence-electron chi connectivity index (χ2n) is 6.28. The van der Waals surface area contributed by atoms with Crippen LogP contribution >= 0.6 is 22.7 Å². The number of ether oxygens (including phenoxy) is 1. The predicted octanol–water partition coefficient (Wildman–Crippen LogP) is 5.81. The molecule has 0 aliphatic heterocycles. The summed E-state index contributed by atoms with van der Waals surface area (Å²) in [6.07, 6.45) is 0.382. The van der Waals surface area contributed by atoms with Crippen molar-refractivity contribution in [3.05, 3.63) is 76.3 Å². The number of anilines is 3. The molecule has 5 nitrogen and oxygen atoms in total. The Morgan fingerprint density at radius 1 is 1.03 bits per heavy atom. The van der Waals surface area contributed by atoms with E-state index in [0.29, 0.717) is 6.42 Å². The third kappa shape index (κ3) is 5.01. The summed E-state index contributed by atoms with van der Waals surface area (Å²) in [5.41, 5.74) is 3.49. The summed E-state index contributed by atoms with van der Waals surface area (Å²) in [6.45, 7) is 0. The second kappa shape index (κ2) is 8.89. The van der Waals surface area contributed by atoms with Crippen LogP contribution in [0.5, 0.6) is 5.75 Å². The third-order valence-electron chi connectivity index (χ3n) is 4.18. The number of carbonyl (C=O) groups excluding carboxylic acids is 1. The van der Waals surface area contributed by atoms with Gasteiger partial charge in [-0.25, -0.2) is 4.98 Å². The van der Waals surface area contributed by atoms with Crippen molar-refractivity contribution in [2.45, 2.75) is 6.42 Å². The molecule has 4 rings (SSSR count). The van der Waals surface area contributed by atoms with Gasteiger partial charge in [0.15, 0.2) is 5.13 Å². The van der Waals surface area contributed by atoms with E-state index in [2.05, 4.69) is 15.6 Å². The molecule has 0 aliphatic rings. The van der Waals surface area contributed by atoms with Crippen LogP contribution in [0, 0.1) is 0 Å². The fraction of sp³-hybridized carbons (Fsp3) is 0.0909. The van der Waals surface area contributed by atoms with E-state index in [0.717, 1.165) is 38.4 Å². The number of carbonyl (C=O) groups is 1. The Balaban J connectivity index is 1.45. The zero-order chi connectivity index (χ0) is 20.1. The Kier molecular flexibility index (Phi) is 5.88. The van der Waals surface area contributed by atoms with Gasteiger partial charge < -0.3 is 15.4 Å². The van der Waals surface area contributed by atoms with Crippen LogP contribution in [0.25, 0.3) is 11.3 Å². The maximum atomic E-state index is 12.2. The lowest BCUT2D eigenvalue weighted by Crippen LogP contribution is -2.13. The molecule has 0 aliphatic carbocycles. The van der Waals surface area contributed by atoms with Gasteiger partial charge in [0.25, 0.3) is 0 Å². The van der Waals surface area contributed by atoms with Gasteiger partial charge in [0.2, 0.25) is 5.91 Å². The van der Waals surface area contributed by atoms with E-state index in [-0.39, 0.29) is 5.91 Å². The van der Waals surface area contributed by atoms with Gasteiger partial charge in [-0.05, 0) is 35.7 Å². The van der Waals surface area contributed by atoms with E-state index in [1.165, 1.54) is 11.3 Å². The van der Waals surface area contributed by atoms with Crippen molar-refractivity contribution in [1.82, 2.24) is 4.98 Å². The number of thiophene rings is 1. The van der Waals surface area contributed by atoms with Gasteiger partial charge in [0.1, 0.15) is 5.75 Å². The number of methoxy groups -OCH3 is 1. The molecular weight excluding hydrogens is 402 g/mol. The van der Waals surface area contributed by atoms with Crippen molar-refractivity contribution in [2.75, 3.05) is 17.7 Å². The molecule has 1 amide bonds. The van der Waals surface area contributed by atoms with Gasteiger partial charge in [0, 0.05) is 33.3 Å². The van der Waals surface area contributed by atoms with Crippen LogP contribution < -0.4 is 15.4 Å². The molecule has 4 aromatic rings. The molecule has 0 saturated carbocycles. The van der Waals surface area contributed by atoms with E-state index in [1.807, 2.05) is 71.4 Å². The maximum Gasteiger partial charge on any atom is 0.229 e. The van der Waals surface area contributed by atoms with Gasteiger partial charge in [0.05, 0.1) is 19.2 Å². The van der Waals surface area contributed by atoms with Crippen LogP contribution in [0.4, 0.5) is 16.5 Å². The van der Waals surface area contributed by atoms with Crippen molar-refractivity contribution in [1.29, 1.82) is 0 Å². The molecule has 0 radical (unpaired) electrons. The molecule has 29 heavy (non-hydrogen) atoms. The highest BCUT2D eigenvalue weighted by molar-refractivity contribution is 7.14. The monoisotopic (exact) mass is 421 g/mol. The zero-order valence-electron chi connectivity index (χ0n) is 15.7. The molecular formula is C22H19N3O2S2. The third-order valence-corrected chi connectivity index (χ3v) is 5.82. The lowest BCUT2D eigenvalue weighted by Gasteiger charge is -2.06. The van der Waals surface area contributed by atoms with Crippen molar-refractivity contribution in [3.63, 3.8) is 0 Å². The van der Waals surface area contributed by atoms with Gasteiger partial charge >= 0.3 is 0 Å². The number of amides is 1. The average Bonchev–Trinajstić information content (AvgIpc) is 3.40. The van der Waals surface area contributed by atoms with E-state index in [4.69, 9.17) is 4.74 Å². The zero-order valence-corrected chi connectivity index (χ0v) is 17.3. The molecule has 7 heteroatoms. The Morgan fingerprint density at radius 2 is 1.90 bits per heavy atom. The fourth-order valence-corrected chi connectivity index (χ4v) is 4.26. The van der Waals surface area contributed by atoms with Gasteiger partial charge in [-0.15, -0.1) is 22.7 Å². The van der Waals surface area contributed by atoms with E-state index < -0.39 is 0 Å². The van der Waals surface area contributed by atoms with E-state index in [9.17, 15) is 4.79 Å². The first-order valence-corrected chi connectivity index (χ1v) is 10.7. The van der Waals surface area contributed by atoms with Crippen molar-refractivity contribution in [3.8, 4) is 17.0 Å². The van der Waals surface area contributed by atoms with Crippen LogP contribution in [0.15, 0.2) is 71.4 Å². The summed E-state index contributed by atoms with van der Waals surface area (Å²) in [5.74, 6) is 0.765. The maximum absolute atomic E-state index is 12.2. The molecule has 0 bridgehead atoms. The lowest BCUT2D eigenvalue weighted by molar-refractivity contribution is -0.115. The summed E-state index contributed by atoms with van der Waals surface area (Å²) in [4.78, 5) is 18.0. The number of hydrogen-bond donors (Lipinski definition) is 2. The molecule has 0 fully saturated rings. The average molecular weight is 422 g/mol. The highest BCUT2D eigenvalue weighted by Crippen LogP contribution is 2.29. The van der Waals surface area contributed by atoms with Crippen LogP contribution in [0.3, 0.4) is 0 Å². The first-order chi connectivity index (χ1) is 14.2. The van der Waals surface area contributed by atoms with Crippen LogP contribution in [-0.4, -0.2) is 18.0 Å². The number of hydrogen-bond acceptors (Lipinski definition) is 6. The molecule has 146 valence electrons. The van der Waals surface area contributed by atoms with Crippen LogP contribution in [0.2, 0.25) is 0 Å². The smallest absolute Gasteiger partial charge is 0.229 e. The summed E-state index contributed by atoms with van der Waals surface area (Å²) in [5, 5.41) is 11.0. The molecule has 2 aromatic carbocycles. The first kappa shape index (κ1) is 19.2. The summed E-state index contributed by atoms with van der Waals surface area (Å²) in [7, 11) is 1.65. The SMILES string of the molecule is COc1cccc(Nc2nc(-c3cccc(NC(=O)Cc4cccs4)c3)cs2)c1. The Bertz CT molecular complexity index is 1110.